The molecule has 1 N–H and O–H groups in total. The molecule has 2 fully saturated rings. The van der Waals surface area contributed by atoms with Gasteiger partial charge in [0, 0.05) is 61.4 Å². The van der Waals surface area contributed by atoms with Crippen molar-refractivity contribution in [3.8, 4) is 0 Å². The van der Waals surface area contributed by atoms with Crippen LogP contribution in [0.25, 0.3) is 0 Å². The molecule has 2 aromatic rings. The van der Waals surface area contributed by atoms with Crippen LogP contribution in [0.1, 0.15) is 37.7 Å². The van der Waals surface area contributed by atoms with E-state index in [9.17, 15) is 14.7 Å². The zero-order valence-corrected chi connectivity index (χ0v) is 19.1. The number of halogens is 1. The number of carbonyl (C=O) groups is 2. The highest BCUT2D eigenvalue weighted by Gasteiger charge is 2.31. The Morgan fingerprint density at radius 1 is 0.969 bits per heavy atom. The first-order chi connectivity index (χ1) is 15.5. The van der Waals surface area contributed by atoms with Gasteiger partial charge in [0.15, 0.2) is 0 Å². The molecular formula is C26H31ClN2O3. The Morgan fingerprint density at radius 3 is 2.38 bits per heavy atom. The summed E-state index contributed by atoms with van der Waals surface area (Å²) in [7, 11) is 0. The number of benzene rings is 2. The van der Waals surface area contributed by atoms with E-state index >= 15 is 0 Å². The Balaban J connectivity index is 1.37. The molecule has 2 saturated heterocycles. The Labute approximate surface area is 195 Å². The van der Waals surface area contributed by atoms with Gasteiger partial charge in [-0.3, -0.25) is 9.59 Å². The largest absolute Gasteiger partial charge is 0.396 e. The molecule has 0 bridgehead atoms. The lowest BCUT2D eigenvalue weighted by molar-refractivity contribution is -0.128. The molecule has 2 aromatic carbocycles. The normalized spacial score (nSPS) is 21.6. The summed E-state index contributed by atoms with van der Waals surface area (Å²) >= 11 is 5.92. The fraction of sp³-hybridized carbons (Fsp3) is 0.462. The van der Waals surface area contributed by atoms with E-state index in [1.165, 1.54) is 0 Å². The summed E-state index contributed by atoms with van der Waals surface area (Å²) in [5.74, 6) is 0.215. The van der Waals surface area contributed by atoms with Crippen LogP contribution < -0.4 is 9.80 Å². The van der Waals surface area contributed by atoms with Crippen LogP contribution in [-0.2, 0) is 16.0 Å². The van der Waals surface area contributed by atoms with Crippen LogP contribution in [0.3, 0.4) is 0 Å². The van der Waals surface area contributed by atoms with Crippen molar-refractivity contribution in [1.82, 2.24) is 0 Å². The maximum atomic E-state index is 13.1. The van der Waals surface area contributed by atoms with Crippen molar-refractivity contribution in [3.63, 3.8) is 0 Å². The van der Waals surface area contributed by atoms with Gasteiger partial charge in [-0.15, -0.1) is 0 Å². The maximum Gasteiger partial charge on any atom is 0.230 e. The minimum absolute atomic E-state index is 0.0479. The number of anilines is 2. The molecule has 0 aliphatic carbocycles. The zero-order valence-electron chi connectivity index (χ0n) is 18.4. The lowest BCUT2D eigenvalue weighted by Crippen LogP contribution is -2.42. The molecule has 32 heavy (non-hydrogen) atoms. The van der Waals surface area contributed by atoms with E-state index in [1.54, 1.807) is 12.1 Å². The number of amides is 1. The molecule has 6 heteroatoms. The molecule has 2 heterocycles. The Bertz CT molecular complexity index is 929. The second-order valence-corrected chi connectivity index (χ2v) is 9.46. The van der Waals surface area contributed by atoms with Crippen molar-refractivity contribution in [3.05, 3.63) is 59.1 Å². The van der Waals surface area contributed by atoms with Crippen LogP contribution in [0, 0.1) is 11.8 Å². The number of Topliss-reactive ketones (excluding diaryl/α,β-unsaturated/α-hetero) is 1. The number of aliphatic hydroxyl groups excluding tert-OH is 1. The first-order valence-corrected chi connectivity index (χ1v) is 11.9. The van der Waals surface area contributed by atoms with E-state index in [1.807, 2.05) is 29.2 Å². The van der Waals surface area contributed by atoms with Crippen LogP contribution in [0.4, 0.5) is 11.4 Å². The molecule has 1 unspecified atom stereocenters. The molecule has 1 amide bonds. The topological polar surface area (TPSA) is 60.9 Å². The quantitative estimate of drug-likeness (QED) is 0.669. The summed E-state index contributed by atoms with van der Waals surface area (Å²) in [5.41, 5.74) is 2.95. The Kier molecular flexibility index (Phi) is 7.48. The van der Waals surface area contributed by atoms with Crippen molar-refractivity contribution < 1.29 is 14.7 Å². The van der Waals surface area contributed by atoms with E-state index in [2.05, 4.69) is 17.0 Å². The summed E-state index contributed by atoms with van der Waals surface area (Å²) in [6, 6.07) is 15.4. The van der Waals surface area contributed by atoms with Gasteiger partial charge >= 0.3 is 0 Å². The number of rotatable bonds is 7. The van der Waals surface area contributed by atoms with E-state index in [4.69, 9.17) is 11.6 Å². The van der Waals surface area contributed by atoms with Gasteiger partial charge in [-0.1, -0.05) is 23.7 Å². The average molecular weight is 455 g/mol. The molecule has 5 nitrogen and oxygen atoms in total. The molecule has 170 valence electrons. The number of carbonyl (C=O) groups excluding carboxylic acids is 2. The maximum absolute atomic E-state index is 13.1. The summed E-state index contributed by atoms with van der Waals surface area (Å²) < 4.78 is 0. The van der Waals surface area contributed by atoms with Crippen molar-refractivity contribution >= 4 is 34.7 Å². The van der Waals surface area contributed by atoms with Crippen molar-refractivity contribution in [2.45, 2.75) is 38.5 Å². The molecule has 2 aliphatic rings. The summed E-state index contributed by atoms with van der Waals surface area (Å²) in [6.45, 7) is 2.79. The van der Waals surface area contributed by atoms with Gasteiger partial charge in [-0.2, -0.15) is 0 Å². The number of nitrogens with zero attached hydrogens (tertiary/aromatic N) is 2. The summed E-state index contributed by atoms with van der Waals surface area (Å²) in [6.07, 6.45) is 4.44. The lowest BCUT2D eigenvalue weighted by Gasteiger charge is -2.35. The van der Waals surface area contributed by atoms with Gasteiger partial charge in [0.2, 0.25) is 5.91 Å². The van der Waals surface area contributed by atoms with E-state index in [0.29, 0.717) is 23.9 Å². The summed E-state index contributed by atoms with van der Waals surface area (Å²) in [4.78, 5) is 29.9. The second kappa shape index (κ2) is 10.5. The van der Waals surface area contributed by atoms with Crippen LogP contribution in [0.2, 0.25) is 5.02 Å². The first kappa shape index (κ1) is 22.8. The Hall–Kier alpha value is -2.37. The molecular weight excluding hydrogens is 424 g/mol. The van der Waals surface area contributed by atoms with Gasteiger partial charge in [0.05, 0.1) is 0 Å². The predicted octanol–water partition coefficient (Wildman–Crippen LogP) is 4.49. The number of ketones is 1. The standard InChI is InChI=1S/C26H31ClN2O3/c27-22-7-5-19(6-8-22)15-25(31)16-21-4-2-14-29(26(21)32)24-11-9-23(10-12-24)28-13-1-3-20(17-28)18-30/h5-12,20-21,30H,1-4,13-18H2/t20?,21-/m0/s1. The predicted molar refractivity (Wildman–Crippen MR) is 128 cm³/mol. The minimum atomic E-state index is -0.254. The van der Waals surface area contributed by atoms with Crippen LogP contribution in [0.15, 0.2) is 48.5 Å². The van der Waals surface area contributed by atoms with Gasteiger partial charge in [0.1, 0.15) is 5.78 Å². The molecule has 0 aromatic heterocycles. The van der Waals surface area contributed by atoms with Crippen LogP contribution in [0.5, 0.6) is 0 Å². The van der Waals surface area contributed by atoms with Crippen molar-refractivity contribution in [2.75, 3.05) is 36.0 Å². The van der Waals surface area contributed by atoms with Crippen molar-refractivity contribution in [1.29, 1.82) is 0 Å². The number of hydrogen-bond acceptors (Lipinski definition) is 4. The number of hydrogen-bond donors (Lipinski definition) is 1. The SMILES string of the molecule is O=C(Cc1ccc(Cl)cc1)C[C@@H]1CCCN(c2ccc(N3CCCC(CO)C3)cc2)C1=O. The fourth-order valence-electron chi connectivity index (χ4n) is 4.86. The molecule has 4 rings (SSSR count). The second-order valence-electron chi connectivity index (χ2n) is 9.03. The molecule has 2 aliphatic heterocycles. The molecule has 0 spiro atoms. The van der Waals surface area contributed by atoms with Crippen molar-refractivity contribution in [2.24, 2.45) is 11.8 Å². The van der Waals surface area contributed by atoms with Gasteiger partial charge in [-0.05, 0) is 73.6 Å². The molecule has 2 atom stereocenters. The third-order valence-corrected chi connectivity index (χ3v) is 6.89. The average Bonchev–Trinajstić information content (AvgIpc) is 2.82. The third-order valence-electron chi connectivity index (χ3n) is 6.64. The number of aliphatic hydroxyl groups is 1. The third kappa shape index (κ3) is 5.51. The highest BCUT2D eigenvalue weighted by molar-refractivity contribution is 6.30. The van der Waals surface area contributed by atoms with Crippen LogP contribution >= 0.6 is 11.6 Å². The van der Waals surface area contributed by atoms with E-state index < -0.39 is 0 Å². The number of piperidine rings is 2. The van der Waals surface area contributed by atoms with Gasteiger partial charge in [-0.25, -0.2) is 0 Å². The Morgan fingerprint density at radius 2 is 1.66 bits per heavy atom. The van der Waals surface area contributed by atoms with E-state index in [-0.39, 0.29) is 30.6 Å². The van der Waals surface area contributed by atoms with Crippen LogP contribution in [-0.4, -0.2) is 43.0 Å². The molecule has 0 radical (unpaired) electrons. The van der Waals surface area contributed by atoms with E-state index in [0.717, 1.165) is 55.7 Å². The lowest BCUT2D eigenvalue weighted by atomic mass is 9.90. The monoisotopic (exact) mass is 454 g/mol. The smallest absolute Gasteiger partial charge is 0.230 e. The van der Waals surface area contributed by atoms with Gasteiger partial charge in [0.25, 0.3) is 0 Å². The van der Waals surface area contributed by atoms with Gasteiger partial charge < -0.3 is 14.9 Å². The molecule has 0 saturated carbocycles. The highest BCUT2D eigenvalue weighted by atomic mass is 35.5. The summed E-state index contributed by atoms with van der Waals surface area (Å²) in [5, 5.41) is 10.1. The highest BCUT2D eigenvalue weighted by Crippen LogP contribution is 2.30. The zero-order chi connectivity index (χ0) is 22.5. The first-order valence-electron chi connectivity index (χ1n) is 11.6. The minimum Gasteiger partial charge on any atom is -0.396 e. The fourth-order valence-corrected chi connectivity index (χ4v) is 4.99.